The van der Waals surface area contributed by atoms with Gasteiger partial charge in [-0.25, -0.2) is 0 Å². The van der Waals surface area contributed by atoms with Crippen LogP contribution >= 0.6 is 0 Å². The lowest BCUT2D eigenvalue weighted by molar-refractivity contribution is 0.487. The summed E-state index contributed by atoms with van der Waals surface area (Å²) in [4.78, 5) is 4.89. The maximum absolute atomic E-state index is 7.34. The van der Waals surface area contributed by atoms with Crippen molar-refractivity contribution in [3.63, 3.8) is 0 Å². The molecule has 1 aliphatic heterocycles. The maximum atomic E-state index is 7.34. The highest BCUT2D eigenvalue weighted by Crippen LogP contribution is 2.55. The summed E-state index contributed by atoms with van der Waals surface area (Å²) in [7, 11) is 0. The minimum atomic E-state index is 0.836. The van der Waals surface area contributed by atoms with Gasteiger partial charge in [0.15, 0.2) is 0 Å². The summed E-state index contributed by atoms with van der Waals surface area (Å²) in [5.74, 6) is 1.69. The highest BCUT2D eigenvalue weighted by atomic mass is 16.5. The fraction of sp³-hybridized carbons (Fsp3) is 0.118. The normalized spacial score (nSPS) is 11.8. The van der Waals surface area contributed by atoms with Crippen molar-refractivity contribution in [1.29, 1.82) is 0 Å². The van der Waals surface area contributed by atoms with Crippen LogP contribution in [-0.4, -0.2) is 0 Å². The Morgan fingerprint density at radius 3 is 1.41 bits per heavy atom. The van der Waals surface area contributed by atoms with Crippen LogP contribution in [0.5, 0.6) is 11.5 Å². The zero-order chi connectivity index (χ0) is 48.7. The van der Waals surface area contributed by atoms with Crippen LogP contribution in [-0.2, 0) is 0 Å². The summed E-state index contributed by atoms with van der Waals surface area (Å²) in [6.07, 6.45) is 0. The third-order valence-electron chi connectivity index (χ3n) is 14.7. The number of benzene rings is 11. The fourth-order valence-corrected chi connectivity index (χ4v) is 11.8. The van der Waals surface area contributed by atoms with Gasteiger partial charge in [-0.15, -0.1) is 0 Å². The minimum Gasteiger partial charge on any atom is -0.456 e. The Morgan fingerprint density at radius 1 is 0.296 bits per heavy atom. The number of aryl methyl sites for hydroxylation is 8. The van der Waals surface area contributed by atoms with Crippen LogP contribution in [0.25, 0.3) is 65.7 Å². The van der Waals surface area contributed by atoms with Crippen LogP contribution in [0.3, 0.4) is 0 Å². The molecule has 0 aliphatic carbocycles. The Kier molecular flexibility index (Phi) is 10.6. The molecule has 3 nitrogen and oxygen atoms in total. The lowest BCUT2D eigenvalue weighted by Gasteiger charge is -2.32. The summed E-state index contributed by atoms with van der Waals surface area (Å²) in [5.41, 5.74) is 23.7. The Labute approximate surface area is 417 Å². The monoisotopic (exact) mass is 916 g/mol. The van der Waals surface area contributed by atoms with Crippen LogP contribution in [0, 0.1) is 55.4 Å². The average Bonchev–Trinajstić information content (AvgIpc) is 3.36. The summed E-state index contributed by atoms with van der Waals surface area (Å²) >= 11 is 0. The van der Waals surface area contributed by atoms with Crippen molar-refractivity contribution in [2.75, 3.05) is 9.80 Å². The van der Waals surface area contributed by atoms with Gasteiger partial charge < -0.3 is 14.5 Å². The van der Waals surface area contributed by atoms with E-state index in [0.29, 0.717) is 0 Å². The zero-order valence-corrected chi connectivity index (χ0v) is 41.8. The lowest BCUT2D eigenvalue weighted by atomic mass is 9.85. The van der Waals surface area contributed by atoms with Gasteiger partial charge in [0.1, 0.15) is 11.5 Å². The standard InChI is InChI=1S/C68H56N2O/c1-41-31-45(5)67(46(6)32-41)69(51-21-11-9-12-22-51)53-28-30-57-62-39-59-58-35-49(54-25-17-15-19-43(54)3)27-29-56(58)63(70(52-23-13-10-14-24-52)68-47(7)33-42(2)34-48(68)8)40-60(59)61-36-50(55-26-18-16-20-44(55)4)37-65(66(61)62)71-64(57)38-53/h9-40H,1-8H3. The number of anilines is 6. The third kappa shape index (κ3) is 7.43. The molecule has 0 N–H and O–H groups in total. The van der Waals surface area contributed by atoms with E-state index in [9.17, 15) is 0 Å². The number of ether oxygens (including phenoxy) is 1. The van der Waals surface area contributed by atoms with Crippen molar-refractivity contribution in [3.8, 4) is 44.9 Å². The van der Waals surface area contributed by atoms with E-state index in [1.54, 1.807) is 0 Å². The first-order valence-electron chi connectivity index (χ1n) is 24.8. The number of rotatable bonds is 8. The van der Waals surface area contributed by atoms with E-state index >= 15 is 0 Å². The number of hydrogen-bond acceptors (Lipinski definition) is 3. The number of nitrogens with zero attached hydrogens (tertiary/aromatic N) is 2. The van der Waals surface area contributed by atoms with Crippen molar-refractivity contribution in [2.24, 2.45) is 0 Å². The minimum absolute atomic E-state index is 0.836. The predicted octanol–water partition coefficient (Wildman–Crippen LogP) is 19.7. The zero-order valence-electron chi connectivity index (χ0n) is 41.8. The van der Waals surface area contributed by atoms with Gasteiger partial charge in [-0.1, -0.05) is 132 Å². The first-order valence-corrected chi connectivity index (χ1v) is 24.8. The van der Waals surface area contributed by atoms with E-state index in [1.807, 2.05) is 0 Å². The van der Waals surface area contributed by atoms with Gasteiger partial charge in [0.05, 0.1) is 17.1 Å². The molecule has 0 saturated carbocycles. The molecule has 0 spiro atoms. The topological polar surface area (TPSA) is 15.7 Å². The number of hydrogen-bond donors (Lipinski definition) is 0. The Hall–Kier alpha value is -8.40. The molecule has 3 heteroatoms. The molecule has 0 atom stereocenters. The van der Waals surface area contributed by atoms with E-state index in [1.165, 1.54) is 99.7 Å². The molecular formula is C68H56N2O. The van der Waals surface area contributed by atoms with Crippen molar-refractivity contribution in [2.45, 2.75) is 55.4 Å². The summed E-state index contributed by atoms with van der Waals surface area (Å²) < 4.78 is 7.34. The van der Waals surface area contributed by atoms with Gasteiger partial charge in [-0.3, -0.25) is 0 Å². The molecule has 1 heterocycles. The van der Waals surface area contributed by atoms with Crippen LogP contribution in [0.2, 0.25) is 0 Å². The van der Waals surface area contributed by atoms with Crippen molar-refractivity contribution in [3.05, 3.63) is 239 Å². The molecule has 11 aromatic rings. The van der Waals surface area contributed by atoms with Gasteiger partial charge in [-0.05, 0) is 205 Å². The van der Waals surface area contributed by atoms with E-state index in [-0.39, 0.29) is 0 Å². The molecule has 344 valence electrons. The van der Waals surface area contributed by atoms with Gasteiger partial charge >= 0.3 is 0 Å². The molecule has 0 fully saturated rings. The molecule has 11 aromatic carbocycles. The second-order valence-corrected chi connectivity index (χ2v) is 19.8. The van der Waals surface area contributed by atoms with Crippen molar-refractivity contribution < 1.29 is 4.74 Å². The Morgan fingerprint density at radius 2 is 0.803 bits per heavy atom. The molecule has 0 unspecified atom stereocenters. The number of fused-ring (bicyclic) bond motifs is 6. The molecule has 0 aromatic heterocycles. The van der Waals surface area contributed by atoms with Gasteiger partial charge in [-0.2, -0.15) is 0 Å². The molecule has 0 amide bonds. The SMILES string of the molecule is Cc1cc(C)c(N(c2ccccc2)c2ccc3c(c2)Oc2cc(-c4ccccc4C)cc4c2c-3cc2c3cc(-c5ccccc5C)ccc3c(N(c3ccccc3)c3c(C)cc(C)cc3C)cc42)c(C)c1. The third-order valence-corrected chi connectivity index (χ3v) is 14.7. The number of para-hydroxylation sites is 2. The van der Waals surface area contributed by atoms with E-state index in [2.05, 4.69) is 259 Å². The Bertz CT molecular complexity index is 3900. The van der Waals surface area contributed by atoms with E-state index in [4.69, 9.17) is 4.74 Å². The lowest BCUT2D eigenvalue weighted by Crippen LogP contribution is -2.14. The summed E-state index contributed by atoms with van der Waals surface area (Å²) in [5, 5.41) is 7.05. The highest BCUT2D eigenvalue weighted by molar-refractivity contribution is 6.27. The Balaban J connectivity index is 1.19. The van der Waals surface area contributed by atoms with Crippen molar-refractivity contribution >= 4 is 66.4 Å². The first-order chi connectivity index (χ1) is 34.5. The van der Waals surface area contributed by atoms with Crippen LogP contribution < -0.4 is 14.5 Å². The smallest absolute Gasteiger partial charge is 0.137 e. The van der Waals surface area contributed by atoms with Crippen LogP contribution in [0.1, 0.15) is 44.5 Å². The van der Waals surface area contributed by atoms with Crippen LogP contribution in [0.15, 0.2) is 194 Å². The predicted molar refractivity (Wildman–Crippen MR) is 303 cm³/mol. The molecular weight excluding hydrogens is 861 g/mol. The fourth-order valence-electron chi connectivity index (χ4n) is 11.8. The summed E-state index contributed by atoms with van der Waals surface area (Å²) in [6, 6.07) is 71.8. The van der Waals surface area contributed by atoms with Gasteiger partial charge in [0.2, 0.25) is 0 Å². The maximum Gasteiger partial charge on any atom is 0.137 e. The van der Waals surface area contributed by atoms with Gasteiger partial charge in [0, 0.05) is 39.5 Å². The molecule has 0 radical (unpaired) electrons. The van der Waals surface area contributed by atoms with E-state index < -0.39 is 0 Å². The van der Waals surface area contributed by atoms with Gasteiger partial charge in [0.25, 0.3) is 0 Å². The second-order valence-electron chi connectivity index (χ2n) is 19.8. The second kappa shape index (κ2) is 17.2. The van der Waals surface area contributed by atoms with E-state index in [0.717, 1.165) is 56.1 Å². The molecule has 12 rings (SSSR count). The van der Waals surface area contributed by atoms with Crippen LogP contribution in [0.4, 0.5) is 34.1 Å². The summed E-state index contributed by atoms with van der Waals surface area (Å²) in [6.45, 7) is 17.7. The largest absolute Gasteiger partial charge is 0.456 e. The molecule has 0 saturated heterocycles. The van der Waals surface area contributed by atoms with Crippen molar-refractivity contribution in [1.82, 2.24) is 0 Å². The molecule has 71 heavy (non-hydrogen) atoms. The molecule has 0 bridgehead atoms. The molecule has 1 aliphatic rings. The quantitative estimate of drug-likeness (QED) is 0.141. The average molecular weight is 917 g/mol. The highest BCUT2D eigenvalue weighted by Gasteiger charge is 2.28. The first kappa shape index (κ1) is 43.9.